The maximum absolute atomic E-state index is 8.55. The van der Waals surface area contributed by atoms with Crippen LogP contribution in [0.2, 0.25) is 0 Å². The number of hydrogen-bond donors (Lipinski definition) is 0. The normalized spacial score (nSPS) is 6.56. The molecule has 4 nitrogen and oxygen atoms in total. The maximum atomic E-state index is 8.55. The van der Waals surface area contributed by atoms with Gasteiger partial charge in [0.15, 0.2) is 0 Å². The third-order valence-electron chi connectivity index (χ3n) is 0. The van der Waals surface area contributed by atoms with E-state index in [-0.39, 0.29) is 125 Å². The predicted molar refractivity (Wildman–Crippen MR) is 19.1 cm³/mol. The largest absolute Gasteiger partial charge is 2.00 e. The molecule has 0 saturated carbocycles. The molecule has 0 aromatic rings. The summed E-state index contributed by atoms with van der Waals surface area (Å²) >= 11 is 0. The molecule has 0 aliphatic carbocycles. The molecule has 0 heterocycles. The summed E-state index contributed by atoms with van der Waals surface area (Å²) in [5, 5.41) is 0. The average molecular weight is 234 g/mol. The Morgan fingerprint density at radius 1 is 1.11 bits per heavy atom. The summed E-state index contributed by atoms with van der Waals surface area (Å²) < 4.78 is 8.55. The quantitative estimate of drug-likeness (QED) is 0.307. The van der Waals surface area contributed by atoms with E-state index in [4.69, 9.17) is 19.2 Å². The van der Waals surface area contributed by atoms with Crippen molar-refractivity contribution in [2.24, 2.45) is 0 Å². The Bertz CT molecular complexity index is 66.7. The molecule has 0 aliphatic rings. The number of phosphoric acid groups is 1. The zero-order valence-corrected chi connectivity index (χ0v) is 13.3. The van der Waals surface area contributed by atoms with Crippen LogP contribution in [0.1, 0.15) is 0 Å². The van der Waals surface area contributed by atoms with Gasteiger partial charge in [-0.1, -0.05) is 0 Å². The molecule has 0 amide bonds. The van der Waals surface area contributed by atoms with E-state index in [9.17, 15) is 0 Å². The molecule has 0 atom stereocenters. The molecule has 0 unspecified atom stereocenters. The maximum Gasteiger partial charge on any atom is 2.00 e. The van der Waals surface area contributed by atoms with Crippen molar-refractivity contribution in [1.82, 2.24) is 0 Å². The van der Waals surface area contributed by atoms with Crippen LogP contribution in [0.4, 0.5) is 0 Å². The van der Waals surface area contributed by atoms with Crippen LogP contribution in [0.15, 0.2) is 0 Å². The second kappa shape index (κ2) is 14.6. The van der Waals surface area contributed by atoms with Gasteiger partial charge in [-0.15, -0.1) is 0 Å². The summed E-state index contributed by atoms with van der Waals surface area (Å²) in [4.78, 5) is 25.6. The van der Waals surface area contributed by atoms with Gasteiger partial charge in [-0.05, 0) is 0 Å². The Hall–Kier alpha value is 4.06. The van der Waals surface area contributed by atoms with Crippen LogP contribution in [0.25, 0.3) is 0 Å². The van der Waals surface area contributed by atoms with Crippen molar-refractivity contribution < 1.29 is 83.0 Å². The summed E-state index contributed by atoms with van der Waals surface area (Å²) in [5.74, 6) is 0. The Morgan fingerprint density at radius 3 is 1.11 bits per heavy atom. The van der Waals surface area contributed by atoms with Gasteiger partial charge in [0.1, 0.15) is 0 Å². The first kappa shape index (κ1) is 29.2. The smallest absolute Gasteiger partial charge is 1.00 e. The molecule has 0 N–H and O–H groups in total. The fraction of sp³-hybridized carbons (Fsp3) is 0. The molecule has 0 radical (unpaired) electrons. The topological polar surface area (TPSA) is 86.2 Å². The van der Waals surface area contributed by atoms with Gasteiger partial charge in [0.25, 0.3) is 0 Å². The first-order chi connectivity index (χ1) is 2.00. The van der Waals surface area contributed by atoms with Gasteiger partial charge < -0.3 is 31.7 Å². The van der Waals surface area contributed by atoms with Crippen molar-refractivity contribution in [3.05, 3.63) is 0 Å². The SMILES string of the molecule is O=P([O-])([O-])[O-].[Ca+2].[Cl-].[K+].[Mg+2]. The van der Waals surface area contributed by atoms with Gasteiger partial charge in [0, 0.05) is 0 Å². The van der Waals surface area contributed by atoms with Crippen molar-refractivity contribution in [1.29, 1.82) is 0 Å². The van der Waals surface area contributed by atoms with Gasteiger partial charge in [0.2, 0.25) is 0 Å². The molecule has 0 fully saturated rings. The number of halogens is 1. The minimum absolute atomic E-state index is 0. The Labute approximate surface area is 148 Å². The molecule has 0 bridgehead atoms. The monoisotopic (exact) mass is 233 g/mol. The van der Waals surface area contributed by atoms with Crippen molar-refractivity contribution >= 4 is 68.6 Å². The Balaban J connectivity index is -0.0000000133. The molecule has 0 spiro atoms. The molecule has 0 aromatic carbocycles. The van der Waals surface area contributed by atoms with E-state index in [0.717, 1.165) is 0 Å². The van der Waals surface area contributed by atoms with E-state index in [1.807, 2.05) is 0 Å². The minimum atomic E-state index is -5.39. The average Bonchev–Trinajstić information content (AvgIpc) is 0.722. The molecule has 0 aromatic heterocycles. The van der Waals surface area contributed by atoms with Gasteiger partial charge >= 0.3 is 112 Å². The van der Waals surface area contributed by atoms with Crippen LogP contribution in [-0.4, -0.2) is 60.8 Å². The molecule has 9 heteroatoms. The van der Waals surface area contributed by atoms with Crippen LogP contribution in [0, 0.1) is 0 Å². The number of rotatable bonds is 0. The van der Waals surface area contributed by atoms with E-state index in [2.05, 4.69) is 0 Å². The summed E-state index contributed by atoms with van der Waals surface area (Å²) in [7, 11) is -5.39. The molecular formula is CaClKMgO4P+. The summed E-state index contributed by atoms with van der Waals surface area (Å²) in [5.41, 5.74) is 0. The Morgan fingerprint density at radius 2 is 1.11 bits per heavy atom. The fourth-order valence-electron chi connectivity index (χ4n) is 0. The standard InChI is InChI=1S/Ca.ClH.K.Mg.H3O4P/c;;;;1-5(2,3)4/h;1H;;;(H3,1,2,3,4)/q+2;;+1;+2;/p-4. The van der Waals surface area contributed by atoms with Gasteiger partial charge in [-0.2, -0.15) is 7.82 Å². The fourth-order valence-corrected chi connectivity index (χ4v) is 0. The molecule has 0 aliphatic heterocycles. The summed E-state index contributed by atoms with van der Waals surface area (Å²) in [6, 6.07) is 0. The second-order valence-corrected chi connectivity index (χ2v) is 1.34. The van der Waals surface area contributed by atoms with Gasteiger partial charge in [0.05, 0.1) is 0 Å². The molecule has 0 saturated heterocycles. The second-order valence-electron chi connectivity index (χ2n) is 0.447. The third kappa shape index (κ3) is 74.0. The minimum Gasteiger partial charge on any atom is -1.00 e. The van der Waals surface area contributed by atoms with Crippen LogP contribution < -0.4 is 78.5 Å². The zero-order chi connectivity index (χ0) is 4.50. The Kier molecular flexibility index (Phi) is 47.4. The van der Waals surface area contributed by atoms with E-state index in [1.165, 1.54) is 0 Å². The van der Waals surface area contributed by atoms with Gasteiger partial charge in [-0.3, -0.25) is 0 Å². The van der Waals surface area contributed by atoms with Crippen molar-refractivity contribution in [2.45, 2.75) is 0 Å². The van der Waals surface area contributed by atoms with E-state index >= 15 is 0 Å². The third-order valence-corrected chi connectivity index (χ3v) is 0. The molecular weight excluding hydrogens is 234 g/mol. The van der Waals surface area contributed by atoms with E-state index in [1.54, 1.807) is 0 Å². The van der Waals surface area contributed by atoms with Crippen LogP contribution >= 0.6 is 7.82 Å². The van der Waals surface area contributed by atoms with Crippen molar-refractivity contribution in [2.75, 3.05) is 0 Å². The summed E-state index contributed by atoms with van der Waals surface area (Å²) in [6.07, 6.45) is 0. The molecule has 9 heavy (non-hydrogen) atoms. The van der Waals surface area contributed by atoms with Crippen LogP contribution in [-0.2, 0) is 4.57 Å². The predicted octanol–water partition coefficient (Wildman–Crippen LogP) is -9.58. The molecule has 40 valence electrons. The summed E-state index contributed by atoms with van der Waals surface area (Å²) in [6.45, 7) is 0. The van der Waals surface area contributed by atoms with Crippen molar-refractivity contribution in [3.8, 4) is 0 Å². The van der Waals surface area contributed by atoms with Crippen molar-refractivity contribution in [3.63, 3.8) is 0 Å². The zero-order valence-electron chi connectivity index (χ0n) is 4.87. The van der Waals surface area contributed by atoms with Crippen LogP contribution in [0.3, 0.4) is 0 Å². The van der Waals surface area contributed by atoms with E-state index < -0.39 is 7.82 Å². The van der Waals surface area contributed by atoms with Gasteiger partial charge in [-0.25, -0.2) is 0 Å². The molecule has 0 rings (SSSR count). The first-order valence-electron chi connectivity index (χ1n) is 0.730. The van der Waals surface area contributed by atoms with E-state index in [0.29, 0.717) is 0 Å². The number of hydrogen-bond acceptors (Lipinski definition) is 4. The first-order valence-corrected chi connectivity index (χ1v) is 2.19. The van der Waals surface area contributed by atoms with Crippen LogP contribution in [0.5, 0.6) is 0 Å².